The first-order valence-corrected chi connectivity index (χ1v) is 8.59. The summed E-state index contributed by atoms with van der Waals surface area (Å²) in [7, 11) is 1.71. The van der Waals surface area contributed by atoms with Gasteiger partial charge in [-0.05, 0) is 62.8 Å². The summed E-state index contributed by atoms with van der Waals surface area (Å²) >= 11 is 0. The van der Waals surface area contributed by atoms with E-state index in [9.17, 15) is 0 Å². The highest BCUT2D eigenvalue weighted by Crippen LogP contribution is 2.35. The number of aliphatic imine (C=N–C) groups is 1. The molecule has 0 saturated carbocycles. The molecule has 1 aliphatic carbocycles. The minimum atomic E-state index is 0.828. The molecule has 4 rings (SSSR count). The number of allylic oxidation sites excluding steroid dienone is 2. The van der Waals surface area contributed by atoms with Gasteiger partial charge in [0.1, 0.15) is 11.5 Å². The van der Waals surface area contributed by atoms with Crippen molar-refractivity contribution in [2.24, 2.45) is 4.99 Å². The van der Waals surface area contributed by atoms with Gasteiger partial charge in [0, 0.05) is 29.2 Å². The van der Waals surface area contributed by atoms with Crippen molar-refractivity contribution in [3.63, 3.8) is 0 Å². The first-order chi connectivity index (χ1) is 11.7. The summed E-state index contributed by atoms with van der Waals surface area (Å²) in [5.74, 6) is 0.828. The molecule has 2 aromatic rings. The highest BCUT2D eigenvalue weighted by molar-refractivity contribution is 6.11. The minimum Gasteiger partial charge on any atom is -0.494 e. The standard InChI is InChI=1S/C20H23N3O/c1-12(19-15-8-5-4-7-14(15)13(2)22-19)20-18(24-3)11-17(23-20)16-9-6-10-21-16/h6,9-11,21-22H,4-5,7-8H2,1-3H3/b20-12+. The van der Waals surface area contributed by atoms with Gasteiger partial charge in [-0.1, -0.05) is 0 Å². The lowest BCUT2D eigenvalue weighted by atomic mass is 9.90. The number of nitrogens with one attached hydrogen (secondary N) is 2. The number of aromatic amines is 2. The molecule has 1 aliphatic heterocycles. The summed E-state index contributed by atoms with van der Waals surface area (Å²) in [5.41, 5.74) is 9.53. The summed E-state index contributed by atoms with van der Waals surface area (Å²) in [6.07, 6.45) is 8.82. The average molecular weight is 321 g/mol. The smallest absolute Gasteiger partial charge is 0.147 e. The Kier molecular flexibility index (Phi) is 3.68. The number of aromatic nitrogens is 2. The van der Waals surface area contributed by atoms with Gasteiger partial charge in [-0.15, -0.1) is 0 Å². The zero-order valence-electron chi connectivity index (χ0n) is 14.5. The first-order valence-electron chi connectivity index (χ1n) is 8.59. The maximum absolute atomic E-state index is 5.61. The average Bonchev–Trinajstić information content (AvgIpc) is 3.33. The molecule has 4 nitrogen and oxygen atoms in total. The molecule has 124 valence electrons. The molecular formula is C20H23N3O. The predicted octanol–water partition coefficient (Wildman–Crippen LogP) is 4.29. The van der Waals surface area contributed by atoms with Gasteiger partial charge in [0.2, 0.25) is 0 Å². The van der Waals surface area contributed by atoms with E-state index in [2.05, 4.69) is 23.8 Å². The highest BCUT2D eigenvalue weighted by Gasteiger charge is 2.24. The van der Waals surface area contributed by atoms with Crippen LogP contribution >= 0.6 is 0 Å². The molecule has 0 unspecified atom stereocenters. The van der Waals surface area contributed by atoms with E-state index >= 15 is 0 Å². The van der Waals surface area contributed by atoms with E-state index in [0.717, 1.165) is 34.9 Å². The van der Waals surface area contributed by atoms with Crippen molar-refractivity contribution in [2.75, 3.05) is 7.11 Å². The third kappa shape index (κ3) is 2.33. The number of methoxy groups -OCH3 is 1. The third-order valence-corrected chi connectivity index (χ3v) is 5.09. The molecule has 0 fully saturated rings. The van der Waals surface area contributed by atoms with E-state index in [1.165, 1.54) is 41.8 Å². The molecule has 0 radical (unpaired) electrons. The minimum absolute atomic E-state index is 0.828. The summed E-state index contributed by atoms with van der Waals surface area (Å²) in [6, 6.07) is 4.01. The first kappa shape index (κ1) is 15.1. The Balaban J connectivity index is 1.83. The summed E-state index contributed by atoms with van der Waals surface area (Å²) in [4.78, 5) is 11.7. The van der Waals surface area contributed by atoms with Crippen LogP contribution in [0.25, 0.3) is 5.57 Å². The van der Waals surface area contributed by atoms with Crippen molar-refractivity contribution in [2.45, 2.75) is 39.5 Å². The highest BCUT2D eigenvalue weighted by atomic mass is 16.5. The second kappa shape index (κ2) is 5.86. The molecular weight excluding hydrogens is 298 g/mol. The van der Waals surface area contributed by atoms with Gasteiger partial charge in [-0.2, -0.15) is 0 Å². The molecule has 0 atom stereocenters. The van der Waals surface area contributed by atoms with Gasteiger partial charge >= 0.3 is 0 Å². The number of H-pyrrole nitrogens is 2. The van der Waals surface area contributed by atoms with Crippen LogP contribution in [0.4, 0.5) is 0 Å². The molecule has 0 saturated heterocycles. The molecule has 4 heteroatoms. The lowest BCUT2D eigenvalue weighted by Crippen LogP contribution is -2.02. The topological polar surface area (TPSA) is 53.2 Å². The predicted molar refractivity (Wildman–Crippen MR) is 97.2 cm³/mol. The second-order valence-electron chi connectivity index (χ2n) is 6.56. The fourth-order valence-corrected chi connectivity index (χ4v) is 3.82. The third-order valence-electron chi connectivity index (χ3n) is 5.09. The normalized spacial score (nSPS) is 19.0. The van der Waals surface area contributed by atoms with Crippen LogP contribution in [-0.2, 0) is 17.6 Å². The number of nitrogens with zero attached hydrogens (tertiary/aromatic N) is 1. The number of fused-ring (bicyclic) bond motifs is 1. The van der Waals surface area contributed by atoms with E-state index in [1.54, 1.807) is 7.11 Å². The lowest BCUT2D eigenvalue weighted by molar-refractivity contribution is 0.302. The molecule has 3 heterocycles. The lowest BCUT2D eigenvalue weighted by Gasteiger charge is -2.14. The zero-order chi connectivity index (χ0) is 16.7. The van der Waals surface area contributed by atoms with Crippen molar-refractivity contribution in [1.29, 1.82) is 0 Å². The Morgan fingerprint density at radius 2 is 2.00 bits per heavy atom. The fourth-order valence-electron chi connectivity index (χ4n) is 3.82. The number of ether oxygens (including phenoxy) is 1. The number of hydrogen-bond donors (Lipinski definition) is 2. The maximum Gasteiger partial charge on any atom is 0.147 e. The van der Waals surface area contributed by atoms with E-state index in [0.29, 0.717) is 0 Å². The quantitative estimate of drug-likeness (QED) is 0.870. The van der Waals surface area contributed by atoms with Gasteiger partial charge in [-0.3, -0.25) is 0 Å². The Morgan fingerprint density at radius 1 is 1.21 bits per heavy atom. The van der Waals surface area contributed by atoms with Crippen molar-refractivity contribution in [3.05, 3.63) is 64.1 Å². The van der Waals surface area contributed by atoms with Gasteiger partial charge < -0.3 is 14.7 Å². The molecule has 0 spiro atoms. The maximum atomic E-state index is 5.61. The molecule has 2 N–H and O–H groups in total. The zero-order valence-corrected chi connectivity index (χ0v) is 14.5. The number of hydrogen-bond acceptors (Lipinski definition) is 2. The van der Waals surface area contributed by atoms with Crippen LogP contribution in [0.3, 0.4) is 0 Å². The largest absolute Gasteiger partial charge is 0.494 e. The van der Waals surface area contributed by atoms with Crippen LogP contribution in [0.15, 0.2) is 40.9 Å². The van der Waals surface area contributed by atoms with Crippen LogP contribution in [-0.4, -0.2) is 22.8 Å². The molecule has 0 aromatic carbocycles. The van der Waals surface area contributed by atoms with E-state index in [-0.39, 0.29) is 0 Å². The summed E-state index contributed by atoms with van der Waals surface area (Å²) < 4.78 is 5.61. The van der Waals surface area contributed by atoms with Crippen molar-refractivity contribution >= 4 is 11.3 Å². The summed E-state index contributed by atoms with van der Waals surface area (Å²) in [6.45, 7) is 4.32. The Hall–Kier alpha value is -2.49. The van der Waals surface area contributed by atoms with Crippen LogP contribution < -0.4 is 0 Å². The summed E-state index contributed by atoms with van der Waals surface area (Å²) in [5, 5.41) is 0. The van der Waals surface area contributed by atoms with Gasteiger partial charge in [0.05, 0.1) is 18.5 Å². The van der Waals surface area contributed by atoms with E-state index in [1.807, 2.05) is 24.4 Å². The van der Waals surface area contributed by atoms with Crippen molar-refractivity contribution in [1.82, 2.24) is 9.97 Å². The van der Waals surface area contributed by atoms with Gasteiger partial charge in [-0.25, -0.2) is 4.99 Å². The van der Waals surface area contributed by atoms with Gasteiger partial charge in [0.15, 0.2) is 0 Å². The van der Waals surface area contributed by atoms with E-state index in [4.69, 9.17) is 9.73 Å². The Bertz CT molecular complexity index is 863. The Labute approximate surface area is 142 Å². The Morgan fingerprint density at radius 3 is 2.71 bits per heavy atom. The van der Waals surface area contributed by atoms with Crippen LogP contribution in [0.5, 0.6) is 0 Å². The van der Waals surface area contributed by atoms with E-state index < -0.39 is 0 Å². The molecule has 24 heavy (non-hydrogen) atoms. The molecule has 0 bridgehead atoms. The van der Waals surface area contributed by atoms with Gasteiger partial charge in [0.25, 0.3) is 0 Å². The SMILES string of the molecule is COC1=CC(c2ccc[nH]2)=N/C1=C(\C)c1[nH]c(C)c2c1CCCC2. The van der Waals surface area contributed by atoms with Crippen molar-refractivity contribution < 1.29 is 4.74 Å². The molecule has 0 amide bonds. The molecule has 2 aromatic heterocycles. The van der Waals surface area contributed by atoms with Crippen LogP contribution in [0, 0.1) is 6.92 Å². The molecule has 2 aliphatic rings. The van der Waals surface area contributed by atoms with Crippen LogP contribution in [0.2, 0.25) is 0 Å². The number of rotatable bonds is 3. The van der Waals surface area contributed by atoms with Crippen LogP contribution in [0.1, 0.15) is 48.0 Å². The van der Waals surface area contributed by atoms with Crippen molar-refractivity contribution in [3.8, 4) is 0 Å². The second-order valence-corrected chi connectivity index (χ2v) is 6.56. The monoisotopic (exact) mass is 321 g/mol. The fraction of sp³-hybridized carbons (Fsp3) is 0.350. The number of aryl methyl sites for hydroxylation is 1.